The number of nitrogens with two attached hydrogens (primary N) is 1. The van der Waals surface area contributed by atoms with Gasteiger partial charge in [-0.3, -0.25) is 4.79 Å². The minimum Gasteiger partial charge on any atom is -0.469 e. The van der Waals surface area contributed by atoms with Crippen molar-refractivity contribution in [2.24, 2.45) is 5.92 Å². The number of aromatic nitrogens is 3. The first-order valence-electron chi connectivity index (χ1n) is 8.98. The summed E-state index contributed by atoms with van der Waals surface area (Å²) in [6.45, 7) is 5.32. The molecule has 0 saturated carbocycles. The number of benzene rings is 1. The Hall–Kier alpha value is -2.95. The molecule has 3 N–H and O–H groups in total. The van der Waals surface area contributed by atoms with Crippen LogP contribution in [0.4, 0.5) is 18.9 Å². The zero-order valence-corrected chi connectivity index (χ0v) is 17.2. The van der Waals surface area contributed by atoms with Gasteiger partial charge in [0.1, 0.15) is 5.76 Å². The molecule has 0 radical (unpaired) electrons. The van der Waals surface area contributed by atoms with Crippen LogP contribution in [0.3, 0.4) is 0 Å². The van der Waals surface area contributed by atoms with E-state index in [1.165, 1.54) is 29.1 Å². The van der Waals surface area contributed by atoms with Gasteiger partial charge in [0.05, 0.1) is 28.3 Å². The molecular formula is C19H20F3N5O2S. The molecule has 1 unspecified atom stereocenters. The molecule has 0 fully saturated rings. The summed E-state index contributed by atoms with van der Waals surface area (Å²) in [5.74, 6) is 6.25. The van der Waals surface area contributed by atoms with Crippen molar-refractivity contribution in [3.05, 3.63) is 47.9 Å². The quantitative estimate of drug-likeness (QED) is 0.438. The van der Waals surface area contributed by atoms with Crippen LogP contribution >= 0.6 is 11.8 Å². The van der Waals surface area contributed by atoms with Crippen molar-refractivity contribution in [2.45, 2.75) is 37.4 Å². The highest BCUT2D eigenvalue weighted by atomic mass is 32.2. The number of aryl methyl sites for hydroxylation is 1. The van der Waals surface area contributed by atoms with E-state index in [4.69, 9.17) is 10.3 Å². The lowest BCUT2D eigenvalue weighted by Crippen LogP contribution is -2.31. The molecule has 1 atom stereocenters. The molecule has 0 aliphatic rings. The summed E-state index contributed by atoms with van der Waals surface area (Å²) >= 11 is 1.03. The standard InChI is InChI=1S/C19H20F3N5O2S/c1-10(2)15(17(28)24-14-7-5-4-6-13(14)19(20,21)22)30-18-26-25-16(27(18)23)12-8-9-29-11(12)3/h4-10,15H,23H2,1-3H3,(H,24,28). The molecule has 11 heteroatoms. The number of hydrogen-bond donors (Lipinski definition) is 2. The van der Waals surface area contributed by atoms with Gasteiger partial charge in [-0.25, -0.2) is 4.68 Å². The van der Waals surface area contributed by atoms with E-state index in [1.54, 1.807) is 26.8 Å². The molecule has 2 aromatic heterocycles. The molecule has 3 aromatic rings. The van der Waals surface area contributed by atoms with Gasteiger partial charge in [0.15, 0.2) is 5.82 Å². The number of rotatable bonds is 6. The van der Waals surface area contributed by atoms with Crippen molar-refractivity contribution in [2.75, 3.05) is 11.2 Å². The van der Waals surface area contributed by atoms with Crippen molar-refractivity contribution in [1.29, 1.82) is 0 Å². The number of carbonyl (C=O) groups excluding carboxylic acids is 1. The number of nitrogens with one attached hydrogen (secondary N) is 1. The Labute approximate surface area is 174 Å². The molecule has 160 valence electrons. The summed E-state index contributed by atoms with van der Waals surface area (Å²) in [4.78, 5) is 12.8. The lowest BCUT2D eigenvalue weighted by Gasteiger charge is -2.20. The highest BCUT2D eigenvalue weighted by Gasteiger charge is 2.35. The first kappa shape index (κ1) is 21.8. The second kappa shape index (κ2) is 8.42. The van der Waals surface area contributed by atoms with Crippen molar-refractivity contribution in [3.8, 4) is 11.4 Å². The fourth-order valence-electron chi connectivity index (χ4n) is 2.81. The number of nitrogens with zero attached hydrogens (tertiary/aromatic N) is 3. The summed E-state index contributed by atoms with van der Waals surface area (Å²) in [6.07, 6.45) is -3.09. The highest BCUT2D eigenvalue weighted by Crippen LogP contribution is 2.36. The Morgan fingerprint density at radius 3 is 2.53 bits per heavy atom. The molecular weight excluding hydrogens is 419 g/mol. The van der Waals surface area contributed by atoms with Crippen LogP contribution in [0.1, 0.15) is 25.2 Å². The molecule has 3 rings (SSSR count). The van der Waals surface area contributed by atoms with Crippen molar-refractivity contribution in [3.63, 3.8) is 0 Å². The number of halogens is 3. The number of para-hydroxylation sites is 1. The van der Waals surface area contributed by atoms with Gasteiger partial charge in [0, 0.05) is 0 Å². The summed E-state index contributed by atoms with van der Waals surface area (Å²) in [5.41, 5.74) is -0.558. The molecule has 7 nitrogen and oxygen atoms in total. The number of amides is 1. The van der Waals surface area contributed by atoms with E-state index in [0.29, 0.717) is 17.1 Å². The summed E-state index contributed by atoms with van der Waals surface area (Å²) in [6, 6.07) is 6.52. The molecule has 0 saturated heterocycles. The van der Waals surface area contributed by atoms with E-state index in [2.05, 4.69) is 15.5 Å². The van der Waals surface area contributed by atoms with Crippen LogP contribution in [0, 0.1) is 12.8 Å². The van der Waals surface area contributed by atoms with E-state index in [0.717, 1.165) is 17.8 Å². The number of thioether (sulfide) groups is 1. The van der Waals surface area contributed by atoms with E-state index in [-0.39, 0.29) is 16.8 Å². The molecule has 30 heavy (non-hydrogen) atoms. The SMILES string of the molecule is Cc1occc1-c1nnc(SC(C(=O)Nc2ccccc2C(F)(F)F)C(C)C)n1N. The normalized spacial score (nSPS) is 12.9. The Bertz CT molecular complexity index is 1040. The largest absolute Gasteiger partial charge is 0.469 e. The van der Waals surface area contributed by atoms with Gasteiger partial charge in [0.25, 0.3) is 0 Å². The Balaban J connectivity index is 1.84. The number of anilines is 1. The molecule has 0 spiro atoms. The third-order valence-electron chi connectivity index (χ3n) is 4.35. The topological polar surface area (TPSA) is 99.0 Å². The number of carbonyl (C=O) groups is 1. The smallest absolute Gasteiger partial charge is 0.418 e. The molecule has 0 aliphatic carbocycles. The lowest BCUT2D eigenvalue weighted by molar-refractivity contribution is -0.137. The maximum Gasteiger partial charge on any atom is 0.418 e. The van der Waals surface area contributed by atoms with Gasteiger partial charge in [-0.15, -0.1) is 10.2 Å². The average molecular weight is 439 g/mol. The number of hydrogen-bond acceptors (Lipinski definition) is 6. The molecule has 1 aromatic carbocycles. The highest BCUT2D eigenvalue weighted by molar-refractivity contribution is 8.00. The van der Waals surface area contributed by atoms with E-state index in [1.807, 2.05) is 0 Å². The van der Waals surface area contributed by atoms with Crippen molar-refractivity contribution in [1.82, 2.24) is 14.9 Å². The minimum absolute atomic E-state index is 0.219. The zero-order valence-electron chi connectivity index (χ0n) is 16.4. The summed E-state index contributed by atoms with van der Waals surface area (Å²) < 4.78 is 46.2. The predicted molar refractivity (Wildman–Crippen MR) is 107 cm³/mol. The van der Waals surface area contributed by atoms with Gasteiger partial charge < -0.3 is 15.6 Å². The summed E-state index contributed by atoms with van der Waals surface area (Å²) in [7, 11) is 0. The van der Waals surface area contributed by atoms with Crippen LogP contribution in [0.5, 0.6) is 0 Å². The van der Waals surface area contributed by atoms with Crippen LogP contribution < -0.4 is 11.2 Å². The van der Waals surface area contributed by atoms with E-state index >= 15 is 0 Å². The Morgan fingerprint density at radius 2 is 1.93 bits per heavy atom. The van der Waals surface area contributed by atoms with Gasteiger partial charge in [-0.1, -0.05) is 37.7 Å². The van der Waals surface area contributed by atoms with Gasteiger partial charge in [-0.05, 0) is 31.0 Å². The third-order valence-corrected chi connectivity index (χ3v) is 5.85. The van der Waals surface area contributed by atoms with Gasteiger partial charge >= 0.3 is 6.18 Å². The maximum absolute atomic E-state index is 13.2. The fraction of sp³-hybridized carbons (Fsp3) is 0.316. The lowest BCUT2D eigenvalue weighted by atomic mass is 10.1. The second-order valence-electron chi connectivity index (χ2n) is 6.88. The maximum atomic E-state index is 13.2. The monoisotopic (exact) mass is 439 g/mol. The minimum atomic E-state index is -4.58. The molecule has 0 aliphatic heterocycles. The first-order valence-corrected chi connectivity index (χ1v) is 9.86. The van der Waals surface area contributed by atoms with Crippen LogP contribution in [0.25, 0.3) is 11.4 Å². The molecule has 2 heterocycles. The second-order valence-corrected chi connectivity index (χ2v) is 7.99. The van der Waals surface area contributed by atoms with Crippen LogP contribution in [0.15, 0.2) is 46.2 Å². The van der Waals surface area contributed by atoms with E-state index < -0.39 is 22.9 Å². The zero-order chi connectivity index (χ0) is 22.1. The van der Waals surface area contributed by atoms with Crippen molar-refractivity contribution < 1.29 is 22.4 Å². The van der Waals surface area contributed by atoms with Gasteiger partial charge in [0.2, 0.25) is 11.1 Å². The summed E-state index contributed by atoms with van der Waals surface area (Å²) in [5, 5.41) is 9.97. The molecule has 1 amide bonds. The number of alkyl halides is 3. The van der Waals surface area contributed by atoms with Crippen molar-refractivity contribution >= 4 is 23.4 Å². The molecule has 0 bridgehead atoms. The van der Waals surface area contributed by atoms with E-state index in [9.17, 15) is 18.0 Å². The first-order chi connectivity index (χ1) is 14.1. The third kappa shape index (κ3) is 4.45. The Morgan fingerprint density at radius 1 is 1.23 bits per heavy atom. The van der Waals surface area contributed by atoms with Gasteiger partial charge in [-0.2, -0.15) is 13.2 Å². The predicted octanol–water partition coefficient (Wildman–Crippen LogP) is 4.33. The van der Waals surface area contributed by atoms with Crippen LogP contribution in [-0.4, -0.2) is 26.0 Å². The number of nitrogen functional groups attached to an aromatic ring is 1. The van der Waals surface area contributed by atoms with Crippen LogP contribution in [0.2, 0.25) is 0 Å². The fourth-order valence-corrected chi connectivity index (χ4v) is 3.76. The Kier molecular flexibility index (Phi) is 6.11. The van der Waals surface area contributed by atoms with Crippen LogP contribution in [-0.2, 0) is 11.0 Å². The number of furan rings is 1. The average Bonchev–Trinajstić information content (AvgIpc) is 3.24.